The van der Waals surface area contributed by atoms with Gasteiger partial charge < -0.3 is 0 Å². The molecule has 3 nitrogen and oxygen atoms in total. The van der Waals surface area contributed by atoms with Crippen molar-refractivity contribution < 1.29 is 56.7 Å². The molecular weight excluding hydrogens is 539 g/mol. The summed E-state index contributed by atoms with van der Waals surface area (Å²) in [5.41, 5.74) is -11.1. The summed E-state index contributed by atoms with van der Waals surface area (Å²) in [6.07, 6.45) is -17.9. The summed E-state index contributed by atoms with van der Waals surface area (Å²) < 4.78 is 172. The molecule has 0 bridgehead atoms. The Morgan fingerprint density at radius 1 is 0.583 bits per heavy atom. The van der Waals surface area contributed by atoms with Crippen LogP contribution in [0.3, 0.4) is 0 Å². The van der Waals surface area contributed by atoms with E-state index in [4.69, 9.17) is 5.14 Å². The largest absolute Gasteiger partial charge is 0.417 e. The van der Waals surface area contributed by atoms with Gasteiger partial charge in [-0.2, -0.15) is 39.5 Å². The topological polar surface area (TPSA) is 60.2 Å². The fraction of sp³-hybridized carbons (Fsp3) is 0.143. The Labute approximate surface area is 195 Å². The van der Waals surface area contributed by atoms with Crippen LogP contribution in [0.5, 0.6) is 0 Å². The smallest absolute Gasteiger partial charge is 0.225 e. The van der Waals surface area contributed by atoms with Crippen molar-refractivity contribution in [3.63, 3.8) is 0 Å². The summed E-state index contributed by atoms with van der Waals surface area (Å²) in [7, 11) is -4.23. The number of hydrogen-bond acceptors (Lipinski definition) is 2. The van der Waals surface area contributed by atoms with Gasteiger partial charge in [-0.3, -0.25) is 0 Å². The van der Waals surface area contributed by atoms with Gasteiger partial charge in [0.1, 0.15) is 0 Å². The van der Waals surface area contributed by atoms with E-state index in [1.165, 1.54) is 0 Å². The molecular formula is C21H10F11NO2S. The summed E-state index contributed by atoms with van der Waals surface area (Å²) >= 11 is 0. The molecule has 0 aliphatic carbocycles. The average molecular weight is 549 g/mol. The number of sulfonamides is 1. The van der Waals surface area contributed by atoms with Gasteiger partial charge in [0.25, 0.3) is 0 Å². The molecule has 15 heteroatoms. The van der Waals surface area contributed by atoms with Crippen LogP contribution in [0.25, 0.3) is 22.3 Å². The molecule has 0 radical (unpaired) electrons. The van der Waals surface area contributed by atoms with E-state index in [-0.39, 0.29) is 23.8 Å². The van der Waals surface area contributed by atoms with E-state index in [0.29, 0.717) is 6.07 Å². The minimum Gasteiger partial charge on any atom is -0.225 e. The highest BCUT2D eigenvalue weighted by Crippen LogP contribution is 2.49. The molecule has 3 aromatic rings. The molecule has 0 fully saturated rings. The van der Waals surface area contributed by atoms with Crippen LogP contribution in [0.2, 0.25) is 0 Å². The quantitative estimate of drug-likeness (QED) is 0.358. The molecule has 0 atom stereocenters. The third-order valence-electron chi connectivity index (χ3n) is 4.90. The third kappa shape index (κ3) is 5.46. The molecule has 0 unspecified atom stereocenters. The Hall–Kier alpha value is -3.20. The van der Waals surface area contributed by atoms with E-state index >= 15 is 0 Å². The Morgan fingerprint density at radius 3 is 1.31 bits per heavy atom. The number of hydrogen-bond donors (Lipinski definition) is 1. The summed E-state index contributed by atoms with van der Waals surface area (Å²) in [6, 6.07) is 3.69. The predicted molar refractivity (Wildman–Crippen MR) is 104 cm³/mol. The molecule has 194 valence electrons. The lowest BCUT2D eigenvalue weighted by Crippen LogP contribution is -2.23. The van der Waals surface area contributed by atoms with Gasteiger partial charge in [-0.1, -0.05) is 12.1 Å². The molecule has 0 heterocycles. The Balaban J connectivity index is 2.43. The summed E-state index contributed by atoms with van der Waals surface area (Å²) in [5.74, 6) is -3.32. The number of alkyl halides is 9. The molecule has 36 heavy (non-hydrogen) atoms. The molecule has 0 aliphatic rings. The van der Waals surface area contributed by atoms with Crippen molar-refractivity contribution in [2.45, 2.75) is 23.4 Å². The third-order valence-corrected chi connectivity index (χ3v) is 5.83. The van der Waals surface area contributed by atoms with E-state index in [2.05, 4.69) is 0 Å². The molecule has 0 amide bonds. The van der Waals surface area contributed by atoms with E-state index in [1.807, 2.05) is 0 Å². The second kappa shape index (κ2) is 8.73. The van der Waals surface area contributed by atoms with Crippen LogP contribution in [0.15, 0.2) is 53.4 Å². The van der Waals surface area contributed by atoms with E-state index < -0.39 is 78.5 Å². The van der Waals surface area contributed by atoms with Crippen LogP contribution in [-0.4, -0.2) is 8.42 Å². The van der Waals surface area contributed by atoms with Crippen molar-refractivity contribution in [2.24, 2.45) is 5.14 Å². The standard InChI is InChI=1S/C21H10F11NO2S/c22-16-7-12(9-1-3-11(4-2-9)36(33,34)35)13(8-17(16)23)10-5-14(19(24,25)26)18(21(30,31)32)15(6-10)20(27,28)29/h1-8H,(H2,33,34,35). The van der Waals surface area contributed by atoms with Crippen molar-refractivity contribution in [2.75, 3.05) is 0 Å². The number of halogens is 11. The van der Waals surface area contributed by atoms with Crippen molar-refractivity contribution >= 4 is 10.0 Å². The zero-order valence-electron chi connectivity index (χ0n) is 17.1. The maximum absolute atomic E-state index is 14.0. The van der Waals surface area contributed by atoms with Gasteiger partial charge in [0, 0.05) is 0 Å². The van der Waals surface area contributed by atoms with Crippen molar-refractivity contribution in [3.8, 4) is 22.3 Å². The number of primary sulfonamides is 1. The first-order chi connectivity index (χ1) is 16.2. The van der Waals surface area contributed by atoms with Gasteiger partial charge >= 0.3 is 18.5 Å². The Kier molecular flexibility index (Phi) is 6.64. The van der Waals surface area contributed by atoms with E-state index in [1.54, 1.807) is 0 Å². The van der Waals surface area contributed by atoms with Crippen LogP contribution in [0.1, 0.15) is 16.7 Å². The molecule has 0 spiro atoms. The highest BCUT2D eigenvalue weighted by atomic mass is 32.2. The molecule has 3 aromatic carbocycles. The maximum Gasteiger partial charge on any atom is 0.417 e. The highest BCUT2D eigenvalue weighted by Gasteiger charge is 2.50. The first-order valence-electron chi connectivity index (χ1n) is 9.23. The van der Waals surface area contributed by atoms with Crippen molar-refractivity contribution in [1.82, 2.24) is 0 Å². The van der Waals surface area contributed by atoms with Gasteiger partial charge in [0.05, 0.1) is 21.6 Å². The van der Waals surface area contributed by atoms with Crippen LogP contribution in [-0.2, 0) is 28.6 Å². The van der Waals surface area contributed by atoms with Crippen LogP contribution in [0, 0.1) is 11.6 Å². The first kappa shape index (κ1) is 27.4. The number of rotatable bonds is 3. The second-order valence-corrected chi connectivity index (χ2v) is 8.88. The van der Waals surface area contributed by atoms with E-state index in [9.17, 15) is 56.7 Å². The van der Waals surface area contributed by atoms with Crippen LogP contribution in [0.4, 0.5) is 48.3 Å². The molecule has 2 N–H and O–H groups in total. The van der Waals surface area contributed by atoms with Gasteiger partial charge in [0.15, 0.2) is 11.6 Å². The van der Waals surface area contributed by atoms with Crippen molar-refractivity contribution in [1.29, 1.82) is 0 Å². The molecule has 0 saturated heterocycles. The molecule has 0 saturated carbocycles. The highest BCUT2D eigenvalue weighted by molar-refractivity contribution is 7.89. The lowest BCUT2D eigenvalue weighted by molar-refractivity contribution is -0.174. The van der Waals surface area contributed by atoms with E-state index in [0.717, 1.165) is 24.3 Å². The number of benzene rings is 3. The van der Waals surface area contributed by atoms with Crippen LogP contribution >= 0.6 is 0 Å². The average Bonchev–Trinajstić information content (AvgIpc) is 2.72. The fourth-order valence-corrected chi connectivity index (χ4v) is 3.91. The van der Waals surface area contributed by atoms with Crippen LogP contribution < -0.4 is 5.14 Å². The molecule has 0 aromatic heterocycles. The van der Waals surface area contributed by atoms with Gasteiger partial charge in [-0.25, -0.2) is 22.3 Å². The second-order valence-electron chi connectivity index (χ2n) is 7.32. The SMILES string of the molecule is NS(=O)(=O)c1ccc(-c2cc(F)c(F)cc2-c2cc(C(F)(F)F)c(C(F)(F)F)c(C(F)(F)F)c2)cc1. The maximum atomic E-state index is 14.0. The van der Waals surface area contributed by atoms with Crippen molar-refractivity contribution in [3.05, 3.63) is 76.9 Å². The molecule has 0 aliphatic heterocycles. The van der Waals surface area contributed by atoms with Gasteiger partial charge in [-0.15, -0.1) is 0 Å². The zero-order chi connectivity index (χ0) is 27.4. The monoisotopic (exact) mass is 549 g/mol. The number of nitrogens with two attached hydrogens (primary N) is 1. The summed E-state index contributed by atoms with van der Waals surface area (Å²) in [6.45, 7) is 0. The minimum atomic E-state index is -6.07. The molecule has 3 rings (SSSR count). The first-order valence-corrected chi connectivity index (χ1v) is 10.8. The normalized spacial score (nSPS) is 13.2. The fourth-order valence-electron chi connectivity index (χ4n) is 3.40. The zero-order valence-corrected chi connectivity index (χ0v) is 17.9. The Bertz CT molecular complexity index is 1390. The predicted octanol–water partition coefficient (Wildman–Crippen LogP) is 7.00. The lowest BCUT2D eigenvalue weighted by atomic mass is 9.89. The summed E-state index contributed by atoms with van der Waals surface area (Å²) in [4.78, 5) is -0.469. The Morgan fingerprint density at radius 2 is 0.972 bits per heavy atom. The minimum absolute atomic E-state index is 0.209. The lowest BCUT2D eigenvalue weighted by Gasteiger charge is -2.23. The van der Waals surface area contributed by atoms with Gasteiger partial charge in [-0.05, 0) is 58.7 Å². The van der Waals surface area contributed by atoms with Gasteiger partial charge in [0.2, 0.25) is 10.0 Å². The summed E-state index contributed by atoms with van der Waals surface area (Å²) in [5, 5.41) is 4.93.